The van der Waals surface area contributed by atoms with Gasteiger partial charge in [-0.25, -0.2) is 0 Å². The van der Waals surface area contributed by atoms with E-state index in [9.17, 15) is 14.7 Å². The van der Waals surface area contributed by atoms with Crippen LogP contribution < -0.4 is 0 Å². The summed E-state index contributed by atoms with van der Waals surface area (Å²) in [6.45, 7) is 0. The summed E-state index contributed by atoms with van der Waals surface area (Å²) >= 11 is 0. The molecule has 12 heavy (non-hydrogen) atoms. The molecule has 0 saturated heterocycles. The van der Waals surface area contributed by atoms with Crippen LogP contribution in [0.3, 0.4) is 0 Å². The maximum absolute atomic E-state index is 10.4. The third-order valence-electron chi connectivity index (χ3n) is 2.43. The van der Waals surface area contributed by atoms with Gasteiger partial charge >= 0.3 is 5.97 Å². The minimum Gasteiger partial charge on any atom is -0.481 e. The molecule has 0 bridgehead atoms. The quantitative estimate of drug-likeness (QED) is 0.590. The molecule has 4 nitrogen and oxygen atoms in total. The zero-order valence-electron chi connectivity index (χ0n) is 6.64. The van der Waals surface area contributed by atoms with Crippen molar-refractivity contribution in [2.75, 3.05) is 0 Å². The minimum absolute atomic E-state index is 0.107. The van der Waals surface area contributed by atoms with Crippen LogP contribution in [0.15, 0.2) is 0 Å². The van der Waals surface area contributed by atoms with E-state index in [1.54, 1.807) is 0 Å². The standard InChI is InChI=1S/C8H12O4/c9-4-5-1-2-7(10)6(5)3-8(11)12/h4-7,10H,1-3H2,(H,11,12). The molecule has 1 aliphatic carbocycles. The van der Waals surface area contributed by atoms with Gasteiger partial charge in [-0.2, -0.15) is 0 Å². The van der Waals surface area contributed by atoms with Crippen LogP contribution >= 0.6 is 0 Å². The first kappa shape index (κ1) is 9.19. The number of rotatable bonds is 3. The molecule has 0 radical (unpaired) electrons. The van der Waals surface area contributed by atoms with Crippen LogP contribution in [0.1, 0.15) is 19.3 Å². The number of carbonyl (C=O) groups excluding carboxylic acids is 1. The summed E-state index contributed by atoms with van der Waals surface area (Å²) in [5, 5.41) is 17.8. The fourth-order valence-electron chi connectivity index (χ4n) is 1.73. The monoisotopic (exact) mass is 172 g/mol. The number of carboxylic acid groups (broad SMARTS) is 1. The van der Waals surface area contributed by atoms with Gasteiger partial charge in [0.1, 0.15) is 6.29 Å². The lowest BCUT2D eigenvalue weighted by atomic mass is 9.93. The summed E-state index contributed by atoms with van der Waals surface area (Å²) in [6.07, 6.45) is 1.19. The van der Waals surface area contributed by atoms with Gasteiger partial charge in [-0.3, -0.25) is 4.79 Å². The van der Waals surface area contributed by atoms with E-state index in [0.717, 1.165) is 6.29 Å². The van der Waals surface area contributed by atoms with Crippen LogP contribution in [-0.2, 0) is 9.59 Å². The molecular formula is C8H12O4. The number of hydrogen-bond acceptors (Lipinski definition) is 3. The molecule has 4 heteroatoms. The van der Waals surface area contributed by atoms with E-state index in [-0.39, 0.29) is 18.3 Å². The van der Waals surface area contributed by atoms with Gasteiger partial charge in [-0.15, -0.1) is 0 Å². The van der Waals surface area contributed by atoms with Crippen molar-refractivity contribution in [1.82, 2.24) is 0 Å². The molecule has 3 unspecified atom stereocenters. The highest BCUT2D eigenvalue weighted by molar-refractivity contribution is 5.68. The SMILES string of the molecule is O=CC1CCC(O)C1CC(=O)O. The zero-order chi connectivity index (χ0) is 9.14. The van der Waals surface area contributed by atoms with Crippen molar-refractivity contribution >= 4 is 12.3 Å². The summed E-state index contributed by atoms with van der Waals surface area (Å²) in [4.78, 5) is 20.8. The second-order valence-electron chi connectivity index (χ2n) is 3.21. The van der Waals surface area contributed by atoms with Crippen molar-refractivity contribution in [2.45, 2.75) is 25.4 Å². The number of aliphatic hydroxyl groups excluding tert-OH is 1. The molecule has 0 spiro atoms. The molecule has 0 aromatic heterocycles. The Hall–Kier alpha value is -0.900. The Morgan fingerprint density at radius 2 is 2.17 bits per heavy atom. The van der Waals surface area contributed by atoms with Gasteiger partial charge in [0.25, 0.3) is 0 Å². The molecule has 0 amide bonds. The van der Waals surface area contributed by atoms with Crippen LogP contribution in [0.4, 0.5) is 0 Å². The lowest BCUT2D eigenvalue weighted by Crippen LogP contribution is -2.23. The number of aldehydes is 1. The first-order chi connectivity index (χ1) is 5.65. The molecule has 3 atom stereocenters. The first-order valence-electron chi connectivity index (χ1n) is 4.00. The maximum atomic E-state index is 10.4. The van der Waals surface area contributed by atoms with Crippen molar-refractivity contribution in [3.05, 3.63) is 0 Å². The number of carboxylic acids is 1. The molecule has 0 aliphatic heterocycles. The molecule has 1 saturated carbocycles. The molecule has 0 aromatic carbocycles. The van der Waals surface area contributed by atoms with Crippen LogP contribution in [0.2, 0.25) is 0 Å². The molecule has 68 valence electrons. The van der Waals surface area contributed by atoms with Crippen molar-refractivity contribution in [1.29, 1.82) is 0 Å². The summed E-state index contributed by atoms with van der Waals surface area (Å²) in [5.41, 5.74) is 0. The molecule has 0 aromatic rings. The van der Waals surface area contributed by atoms with E-state index < -0.39 is 12.1 Å². The highest BCUT2D eigenvalue weighted by Crippen LogP contribution is 2.32. The summed E-state index contributed by atoms with van der Waals surface area (Å²) in [6, 6.07) is 0. The normalized spacial score (nSPS) is 34.9. The topological polar surface area (TPSA) is 74.6 Å². The van der Waals surface area contributed by atoms with Gasteiger partial charge in [0.15, 0.2) is 0 Å². The summed E-state index contributed by atoms with van der Waals surface area (Å²) in [7, 11) is 0. The molecular weight excluding hydrogens is 160 g/mol. The van der Waals surface area contributed by atoms with E-state index in [1.165, 1.54) is 0 Å². The fourth-order valence-corrected chi connectivity index (χ4v) is 1.73. The number of hydrogen-bond donors (Lipinski definition) is 2. The van der Waals surface area contributed by atoms with E-state index >= 15 is 0 Å². The van der Waals surface area contributed by atoms with Gasteiger partial charge < -0.3 is 15.0 Å². The van der Waals surface area contributed by atoms with E-state index in [0.29, 0.717) is 12.8 Å². The Labute approximate surface area is 70.2 Å². The number of aliphatic hydroxyl groups is 1. The van der Waals surface area contributed by atoms with Gasteiger partial charge in [0, 0.05) is 11.8 Å². The largest absolute Gasteiger partial charge is 0.481 e. The summed E-state index contributed by atoms with van der Waals surface area (Å²) < 4.78 is 0. The third-order valence-corrected chi connectivity index (χ3v) is 2.43. The summed E-state index contributed by atoms with van der Waals surface area (Å²) in [5.74, 6) is -1.59. The van der Waals surface area contributed by atoms with Crippen LogP contribution in [0, 0.1) is 11.8 Å². The molecule has 1 fully saturated rings. The Bertz CT molecular complexity index is 189. The van der Waals surface area contributed by atoms with Crippen molar-refractivity contribution < 1.29 is 19.8 Å². The second kappa shape index (κ2) is 3.67. The van der Waals surface area contributed by atoms with Gasteiger partial charge in [-0.05, 0) is 12.8 Å². The van der Waals surface area contributed by atoms with E-state index in [2.05, 4.69) is 0 Å². The Balaban J connectivity index is 2.57. The second-order valence-corrected chi connectivity index (χ2v) is 3.21. The van der Waals surface area contributed by atoms with Crippen LogP contribution in [-0.4, -0.2) is 28.6 Å². The molecule has 0 heterocycles. The third kappa shape index (κ3) is 1.82. The Morgan fingerprint density at radius 1 is 1.50 bits per heavy atom. The molecule has 1 rings (SSSR count). The molecule has 2 N–H and O–H groups in total. The average Bonchev–Trinajstić information content (AvgIpc) is 2.32. The Morgan fingerprint density at radius 3 is 2.67 bits per heavy atom. The number of carbonyl (C=O) groups is 2. The highest BCUT2D eigenvalue weighted by Gasteiger charge is 2.35. The van der Waals surface area contributed by atoms with E-state index in [4.69, 9.17) is 5.11 Å². The van der Waals surface area contributed by atoms with Crippen molar-refractivity contribution in [3.63, 3.8) is 0 Å². The average molecular weight is 172 g/mol. The van der Waals surface area contributed by atoms with Gasteiger partial charge in [0.2, 0.25) is 0 Å². The zero-order valence-corrected chi connectivity index (χ0v) is 6.64. The predicted octanol–water partition coefficient (Wildman–Crippen LogP) is 0.0471. The van der Waals surface area contributed by atoms with Gasteiger partial charge in [0.05, 0.1) is 12.5 Å². The van der Waals surface area contributed by atoms with Crippen molar-refractivity contribution in [2.24, 2.45) is 11.8 Å². The number of aliphatic carboxylic acids is 1. The van der Waals surface area contributed by atoms with Gasteiger partial charge in [-0.1, -0.05) is 0 Å². The van der Waals surface area contributed by atoms with E-state index in [1.807, 2.05) is 0 Å². The Kier molecular flexibility index (Phi) is 2.81. The first-order valence-corrected chi connectivity index (χ1v) is 4.00. The fraction of sp³-hybridized carbons (Fsp3) is 0.750. The van der Waals surface area contributed by atoms with Crippen LogP contribution in [0.5, 0.6) is 0 Å². The smallest absolute Gasteiger partial charge is 0.303 e. The highest BCUT2D eigenvalue weighted by atomic mass is 16.4. The van der Waals surface area contributed by atoms with Crippen LogP contribution in [0.25, 0.3) is 0 Å². The predicted molar refractivity (Wildman–Crippen MR) is 40.5 cm³/mol. The lowest BCUT2D eigenvalue weighted by Gasteiger charge is -2.14. The minimum atomic E-state index is -0.951. The van der Waals surface area contributed by atoms with Crippen molar-refractivity contribution in [3.8, 4) is 0 Å². The molecule has 1 aliphatic rings. The maximum Gasteiger partial charge on any atom is 0.303 e. The lowest BCUT2D eigenvalue weighted by molar-refractivity contribution is -0.139.